The van der Waals surface area contributed by atoms with E-state index < -0.39 is 0 Å². The number of halogens is 1. The van der Waals surface area contributed by atoms with E-state index in [1.165, 1.54) is 5.56 Å². The van der Waals surface area contributed by atoms with Crippen LogP contribution in [-0.2, 0) is 11.3 Å². The molecule has 0 spiro atoms. The van der Waals surface area contributed by atoms with Crippen molar-refractivity contribution in [2.24, 2.45) is 11.8 Å². The van der Waals surface area contributed by atoms with Crippen molar-refractivity contribution < 1.29 is 4.79 Å². The van der Waals surface area contributed by atoms with Gasteiger partial charge in [-0.3, -0.25) is 9.69 Å². The first-order valence-corrected chi connectivity index (χ1v) is 9.08. The fourth-order valence-electron chi connectivity index (χ4n) is 2.94. The molecule has 0 saturated carbocycles. The maximum absolute atomic E-state index is 12.3. The molecule has 1 atom stereocenters. The Kier molecular flexibility index (Phi) is 6.90. The average molecular weight is 367 g/mol. The number of likely N-dealkylation sites (tertiary alicyclic amines) is 1. The molecular formula is C18H27BrN2O. The Bertz CT molecular complexity index is 490. The van der Waals surface area contributed by atoms with Gasteiger partial charge in [-0.15, -0.1) is 0 Å². The van der Waals surface area contributed by atoms with Crippen LogP contribution in [-0.4, -0.2) is 30.4 Å². The number of piperidine rings is 1. The van der Waals surface area contributed by atoms with E-state index in [1.807, 2.05) is 6.07 Å². The van der Waals surface area contributed by atoms with Crippen LogP contribution in [0.5, 0.6) is 0 Å². The fraction of sp³-hybridized carbons (Fsp3) is 0.611. The lowest BCUT2D eigenvalue weighted by Gasteiger charge is -2.32. The summed E-state index contributed by atoms with van der Waals surface area (Å²) in [5.74, 6) is 1.02. The molecule has 0 aromatic heterocycles. The standard InChI is InChI=1S/C18H27BrN2O/c1-14(2)8-9-20-18(22)16-6-4-10-21(13-16)12-15-5-3-7-17(19)11-15/h3,5,7,11,14,16H,4,6,8-10,12-13H2,1-2H3,(H,20,22). The quantitative estimate of drug-likeness (QED) is 0.829. The van der Waals surface area contributed by atoms with Crippen molar-refractivity contribution >= 4 is 21.8 Å². The van der Waals surface area contributed by atoms with Crippen LogP contribution in [0.3, 0.4) is 0 Å². The minimum Gasteiger partial charge on any atom is -0.356 e. The van der Waals surface area contributed by atoms with E-state index in [-0.39, 0.29) is 11.8 Å². The van der Waals surface area contributed by atoms with Crippen LogP contribution >= 0.6 is 15.9 Å². The van der Waals surface area contributed by atoms with Crippen molar-refractivity contribution in [1.82, 2.24) is 10.2 Å². The Morgan fingerprint density at radius 1 is 1.45 bits per heavy atom. The lowest BCUT2D eigenvalue weighted by Crippen LogP contribution is -2.43. The second-order valence-electron chi connectivity index (χ2n) is 6.68. The zero-order chi connectivity index (χ0) is 15.9. The predicted octanol–water partition coefficient (Wildman–Crippen LogP) is 3.82. The van der Waals surface area contributed by atoms with Crippen molar-refractivity contribution in [3.63, 3.8) is 0 Å². The Hall–Kier alpha value is -0.870. The summed E-state index contributed by atoms with van der Waals surface area (Å²) in [6.07, 6.45) is 3.18. The van der Waals surface area contributed by atoms with Crippen LogP contribution in [0.1, 0.15) is 38.7 Å². The third kappa shape index (κ3) is 5.73. The van der Waals surface area contributed by atoms with Crippen molar-refractivity contribution in [3.05, 3.63) is 34.3 Å². The first-order valence-electron chi connectivity index (χ1n) is 8.29. The SMILES string of the molecule is CC(C)CCNC(=O)C1CCCN(Cc2cccc(Br)c2)C1. The van der Waals surface area contributed by atoms with Gasteiger partial charge in [0.25, 0.3) is 0 Å². The van der Waals surface area contributed by atoms with Gasteiger partial charge in [0.1, 0.15) is 0 Å². The number of hydrogen-bond donors (Lipinski definition) is 1. The summed E-state index contributed by atoms with van der Waals surface area (Å²) in [4.78, 5) is 14.7. The maximum Gasteiger partial charge on any atom is 0.224 e. The van der Waals surface area contributed by atoms with Gasteiger partial charge in [-0.2, -0.15) is 0 Å². The monoisotopic (exact) mass is 366 g/mol. The third-order valence-corrected chi connectivity index (χ3v) is 4.69. The van der Waals surface area contributed by atoms with Gasteiger partial charge in [0.2, 0.25) is 5.91 Å². The molecule has 4 heteroatoms. The van der Waals surface area contributed by atoms with E-state index in [4.69, 9.17) is 0 Å². The maximum atomic E-state index is 12.3. The number of nitrogens with zero attached hydrogens (tertiary/aromatic N) is 1. The highest BCUT2D eigenvalue weighted by molar-refractivity contribution is 9.10. The molecule has 1 aliphatic heterocycles. The molecule has 1 aromatic rings. The Balaban J connectivity index is 1.82. The largest absolute Gasteiger partial charge is 0.356 e. The van der Waals surface area contributed by atoms with E-state index in [0.717, 1.165) is 49.9 Å². The summed E-state index contributed by atoms with van der Waals surface area (Å²) < 4.78 is 1.12. The molecular weight excluding hydrogens is 340 g/mol. The summed E-state index contributed by atoms with van der Waals surface area (Å²) in [5, 5.41) is 3.10. The average Bonchev–Trinajstić information content (AvgIpc) is 2.47. The number of carbonyl (C=O) groups excluding carboxylic acids is 1. The third-order valence-electron chi connectivity index (χ3n) is 4.19. The van der Waals surface area contributed by atoms with E-state index >= 15 is 0 Å². The minimum absolute atomic E-state index is 0.146. The molecule has 3 nitrogen and oxygen atoms in total. The van der Waals surface area contributed by atoms with Crippen LogP contribution in [0.2, 0.25) is 0 Å². The first kappa shape index (κ1) is 17.5. The lowest BCUT2D eigenvalue weighted by atomic mass is 9.96. The summed E-state index contributed by atoms with van der Waals surface area (Å²) in [5.41, 5.74) is 1.30. The van der Waals surface area contributed by atoms with Gasteiger partial charge in [-0.25, -0.2) is 0 Å². The number of carbonyl (C=O) groups is 1. The highest BCUT2D eigenvalue weighted by Crippen LogP contribution is 2.20. The molecule has 1 saturated heterocycles. The molecule has 0 aliphatic carbocycles. The van der Waals surface area contributed by atoms with Crippen molar-refractivity contribution in [2.75, 3.05) is 19.6 Å². The summed E-state index contributed by atoms with van der Waals surface area (Å²) >= 11 is 3.52. The van der Waals surface area contributed by atoms with Crippen LogP contribution in [0.4, 0.5) is 0 Å². The van der Waals surface area contributed by atoms with Gasteiger partial charge in [0.15, 0.2) is 0 Å². The molecule has 1 N–H and O–H groups in total. The molecule has 22 heavy (non-hydrogen) atoms. The van der Waals surface area contributed by atoms with Gasteiger partial charge < -0.3 is 5.32 Å². The Morgan fingerprint density at radius 3 is 3.00 bits per heavy atom. The zero-order valence-electron chi connectivity index (χ0n) is 13.6. The number of rotatable bonds is 6. The van der Waals surface area contributed by atoms with E-state index in [9.17, 15) is 4.79 Å². The molecule has 1 aromatic carbocycles. The van der Waals surface area contributed by atoms with Crippen molar-refractivity contribution in [2.45, 2.75) is 39.7 Å². The van der Waals surface area contributed by atoms with Crippen LogP contribution < -0.4 is 5.32 Å². The first-order chi connectivity index (χ1) is 10.5. The number of hydrogen-bond acceptors (Lipinski definition) is 2. The lowest BCUT2D eigenvalue weighted by molar-refractivity contribution is -0.126. The van der Waals surface area contributed by atoms with Crippen molar-refractivity contribution in [1.29, 1.82) is 0 Å². The zero-order valence-corrected chi connectivity index (χ0v) is 15.2. The molecule has 122 valence electrons. The Labute approximate surface area is 142 Å². The topological polar surface area (TPSA) is 32.3 Å². The van der Waals surface area contributed by atoms with Crippen LogP contribution in [0.25, 0.3) is 0 Å². The molecule has 1 unspecified atom stereocenters. The van der Waals surface area contributed by atoms with Crippen molar-refractivity contribution in [3.8, 4) is 0 Å². The van der Waals surface area contributed by atoms with E-state index in [0.29, 0.717) is 5.92 Å². The number of benzene rings is 1. The molecule has 1 fully saturated rings. The predicted molar refractivity (Wildman–Crippen MR) is 94.6 cm³/mol. The molecule has 1 amide bonds. The molecule has 1 aliphatic rings. The number of nitrogens with one attached hydrogen (secondary N) is 1. The highest BCUT2D eigenvalue weighted by atomic mass is 79.9. The van der Waals surface area contributed by atoms with Gasteiger partial charge in [0, 0.05) is 24.1 Å². The minimum atomic E-state index is 0.146. The van der Waals surface area contributed by atoms with E-state index in [2.05, 4.69) is 58.2 Å². The van der Waals surface area contributed by atoms with Gasteiger partial charge in [-0.05, 0) is 49.4 Å². The van der Waals surface area contributed by atoms with E-state index in [1.54, 1.807) is 0 Å². The summed E-state index contributed by atoms with van der Waals surface area (Å²) in [6.45, 7) is 8.06. The Morgan fingerprint density at radius 2 is 2.27 bits per heavy atom. The highest BCUT2D eigenvalue weighted by Gasteiger charge is 2.25. The fourth-order valence-corrected chi connectivity index (χ4v) is 3.38. The normalized spacial score (nSPS) is 19.4. The molecule has 1 heterocycles. The number of amides is 1. The second-order valence-corrected chi connectivity index (χ2v) is 7.59. The summed E-state index contributed by atoms with van der Waals surface area (Å²) in [7, 11) is 0. The molecule has 2 rings (SSSR count). The van der Waals surface area contributed by atoms with Gasteiger partial charge in [0.05, 0.1) is 5.92 Å². The van der Waals surface area contributed by atoms with Gasteiger partial charge in [-0.1, -0.05) is 41.9 Å². The smallest absolute Gasteiger partial charge is 0.224 e. The molecule has 0 radical (unpaired) electrons. The molecule has 0 bridgehead atoms. The van der Waals surface area contributed by atoms with Crippen LogP contribution in [0, 0.1) is 11.8 Å². The van der Waals surface area contributed by atoms with Crippen LogP contribution in [0.15, 0.2) is 28.7 Å². The summed E-state index contributed by atoms with van der Waals surface area (Å²) in [6, 6.07) is 8.42. The second kappa shape index (κ2) is 8.68. The van der Waals surface area contributed by atoms with Gasteiger partial charge >= 0.3 is 0 Å².